The van der Waals surface area contributed by atoms with Crippen molar-refractivity contribution in [3.63, 3.8) is 0 Å². The van der Waals surface area contributed by atoms with E-state index in [1.54, 1.807) is 0 Å². The summed E-state index contributed by atoms with van der Waals surface area (Å²) in [5, 5.41) is 3.46. The van der Waals surface area contributed by atoms with Crippen LogP contribution in [0, 0.1) is 6.92 Å². The third kappa shape index (κ3) is 2.74. The van der Waals surface area contributed by atoms with E-state index in [0.717, 1.165) is 29.5 Å². The van der Waals surface area contributed by atoms with Gasteiger partial charge in [0, 0.05) is 36.1 Å². The molecule has 1 aromatic heterocycles. The molecule has 1 saturated carbocycles. The van der Waals surface area contributed by atoms with Crippen LogP contribution in [0.3, 0.4) is 0 Å². The Labute approximate surface area is 107 Å². The first kappa shape index (κ1) is 11.4. The molecule has 1 aromatic carbocycles. The molecule has 2 aromatic rings. The number of hydrogen-bond donors (Lipinski definition) is 1. The number of benzene rings is 1. The molecule has 1 aliphatic carbocycles. The van der Waals surface area contributed by atoms with Crippen LogP contribution in [0.25, 0.3) is 11.4 Å². The van der Waals surface area contributed by atoms with Crippen molar-refractivity contribution in [2.45, 2.75) is 32.4 Å². The van der Waals surface area contributed by atoms with Crippen LogP contribution in [-0.2, 0) is 6.54 Å². The zero-order chi connectivity index (χ0) is 12.4. The first-order valence-corrected chi connectivity index (χ1v) is 6.42. The van der Waals surface area contributed by atoms with Crippen LogP contribution in [0.15, 0.2) is 36.7 Å². The topological polar surface area (TPSA) is 37.8 Å². The minimum absolute atomic E-state index is 0.724. The van der Waals surface area contributed by atoms with Crippen LogP contribution in [0.4, 0.5) is 0 Å². The normalized spacial score (nSPS) is 14.7. The predicted octanol–water partition coefficient (Wildman–Crippen LogP) is 2.70. The van der Waals surface area contributed by atoms with Gasteiger partial charge >= 0.3 is 0 Å². The summed E-state index contributed by atoms with van der Waals surface area (Å²) in [4.78, 5) is 8.85. The van der Waals surface area contributed by atoms with Crippen molar-refractivity contribution in [3.8, 4) is 11.4 Å². The van der Waals surface area contributed by atoms with E-state index < -0.39 is 0 Å². The van der Waals surface area contributed by atoms with Gasteiger partial charge in [-0.3, -0.25) is 0 Å². The average Bonchev–Trinajstić information content (AvgIpc) is 3.22. The maximum absolute atomic E-state index is 4.43. The summed E-state index contributed by atoms with van der Waals surface area (Å²) < 4.78 is 0. The molecule has 3 nitrogen and oxygen atoms in total. The number of hydrogen-bond acceptors (Lipinski definition) is 3. The fourth-order valence-electron chi connectivity index (χ4n) is 1.85. The predicted molar refractivity (Wildman–Crippen MR) is 72.1 cm³/mol. The maximum Gasteiger partial charge on any atom is 0.159 e. The number of aromatic nitrogens is 2. The van der Waals surface area contributed by atoms with Gasteiger partial charge in [-0.2, -0.15) is 0 Å². The minimum atomic E-state index is 0.724. The summed E-state index contributed by atoms with van der Waals surface area (Å²) in [5.41, 5.74) is 3.48. The van der Waals surface area contributed by atoms with Crippen molar-refractivity contribution in [3.05, 3.63) is 47.8 Å². The van der Waals surface area contributed by atoms with Crippen molar-refractivity contribution >= 4 is 0 Å². The van der Waals surface area contributed by atoms with E-state index in [4.69, 9.17) is 0 Å². The molecule has 92 valence electrons. The summed E-state index contributed by atoms with van der Waals surface area (Å²) in [7, 11) is 0. The Balaban J connectivity index is 1.71. The molecule has 18 heavy (non-hydrogen) atoms. The molecule has 1 aliphatic rings. The molecule has 0 aliphatic heterocycles. The standard InChI is InChI=1S/C15H17N3/c1-11-2-4-13(5-3-11)15-17-9-12(10-18-15)8-16-14-6-7-14/h2-5,9-10,14,16H,6-8H2,1H3. The fraction of sp³-hybridized carbons (Fsp3) is 0.333. The van der Waals surface area contributed by atoms with E-state index in [9.17, 15) is 0 Å². The second kappa shape index (κ2) is 4.86. The maximum atomic E-state index is 4.43. The lowest BCUT2D eigenvalue weighted by Crippen LogP contribution is -2.15. The first-order valence-electron chi connectivity index (χ1n) is 6.42. The molecule has 0 amide bonds. The van der Waals surface area contributed by atoms with Gasteiger partial charge in [0.15, 0.2) is 5.82 Å². The van der Waals surface area contributed by atoms with Gasteiger partial charge < -0.3 is 5.32 Å². The zero-order valence-electron chi connectivity index (χ0n) is 10.6. The van der Waals surface area contributed by atoms with Crippen molar-refractivity contribution in [1.29, 1.82) is 0 Å². The molecule has 1 N–H and O–H groups in total. The number of nitrogens with zero attached hydrogens (tertiary/aromatic N) is 2. The molecule has 0 atom stereocenters. The highest BCUT2D eigenvalue weighted by Gasteiger charge is 2.19. The molecular formula is C15H17N3. The summed E-state index contributed by atoms with van der Waals surface area (Å²) in [5.74, 6) is 0.796. The van der Waals surface area contributed by atoms with Gasteiger partial charge in [-0.1, -0.05) is 29.8 Å². The highest BCUT2D eigenvalue weighted by atomic mass is 15.0. The van der Waals surface area contributed by atoms with Crippen molar-refractivity contribution in [2.75, 3.05) is 0 Å². The number of rotatable bonds is 4. The molecular weight excluding hydrogens is 222 g/mol. The largest absolute Gasteiger partial charge is 0.310 e. The Morgan fingerprint density at radius 2 is 1.78 bits per heavy atom. The highest BCUT2D eigenvalue weighted by Crippen LogP contribution is 2.19. The van der Waals surface area contributed by atoms with Gasteiger partial charge in [-0.05, 0) is 19.8 Å². The fourth-order valence-corrected chi connectivity index (χ4v) is 1.85. The molecule has 0 saturated heterocycles. The van der Waals surface area contributed by atoms with Crippen molar-refractivity contribution in [1.82, 2.24) is 15.3 Å². The lowest BCUT2D eigenvalue weighted by molar-refractivity contribution is 0.683. The van der Waals surface area contributed by atoms with Crippen LogP contribution in [0.5, 0.6) is 0 Å². The molecule has 0 spiro atoms. The Bertz CT molecular complexity index is 512. The summed E-state index contributed by atoms with van der Waals surface area (Å²) in [6, 6.07) is 9.02. The molecule has 3 rings (SSSR count). The quantitative estimate of drug-likeness (QED) is 0.891. The second-order valence-electron chi connectivity index (χ2n) is 4.94. The van der Waals surface area contributed by atoms with Crippen LogP contribution >= 0.6 is 0 Å². The average molecular weight is 239 g/mol. The van der Waals surface area contributed by atoms with E-state index in [1.807, 2.05) is 12.4 Å². The van der Waals surface area contributed by atoms with Crippen LogP contribution in [-0.4, -0.2) is 16.0 Å². The summed E-state index contributed by atoms with van der Waals surface area (Å²) in [6.45, 7) is 2.95. The number of aryl methyl sites for hydroxylation is 1. The first-order chi connectivity index (χ1) is 8.81. The van der Waals surface area contributed by atoms with Gasteiger partial charge in [0.1, 0.15) is 0 Å². The van der Waals surface area contributed by atoms with Crippen molar-refractivity contribution < 1.29 is 0 Å². The smallest absolute Gasteiger partial charge is 0.159 e. The van der Waals surface area contributed by atoms with Gasteiger partial charge in [-0.15, -0.1) is 0 Å². The van der Waals surface area contributed by atoms with E-state index in [2.05, 4.69) is 46.5 Å². The summed E-state index contributed by atoms with van der Waals surface area (Å²) in [6.07, 6.45) is 6.44. The third-order valence-corrected chi connectivity index (χ3v) is 3.19. The molecule has 1 heterocycles. The molecule has 1 fully saturated rings. The second-order valence-corrected chi connectivity index (χ2v) is 4.94. The zero-order valence-corrected chi connectivity index (χ0v) is 10.6. The lowest BCUT2D eigenvalue weighted by Gasteiger charge is -2.04. The van der Waals surface area contributed by atoms with Gasteiger partial charge in [0.2, 0.25) is 0 Å². The monoisotopic (exact) mass is 239 g/mol. The van der Waals surface area contributed by atoms with Crippen molar-refractivity contribution in [2.24, 2.45) is 0 Å². The minimum Gasteiger partial charge on any atom is -0.310 e. The Morgan fingerprint density at radius 1 is 1.11 bits per heavy atom. The van der Waals surface area contributed by atoms with Gasteiger partial charge in [0.25, 0.3) is 0 Å². The lowest BCUT2D eigenvalue weighted by atomic mass is 10.1. The highest BCUT2D eigenvalue weighted by molar-refractivity contribution is 5.54. The molecule has 3 heteroatoms. The Morgan fingerprint density at radius 3 is 2.39 bits per heavy atom. The Kier molecular flexibility index (Phi) is 3.07. The Hall–Kier alpha value is -1.74. The van der Waals surface area contributed by atoms with E-state index in [-0.39, 0.29) is 0 Å². The van der Waals surface area contributed by atoms with Crippen LogP contribution in [0.2, 0.25) is 0 Å². The molecule has 0 unspecified atom stereocenters. The van der Waals surface area contributed by atoms with E-state index in [1.165, 1.54) is 18.4 Å². The molecule has 0 bridgehead atoms. The third-order valence-electron chi connectivity index (χ3n) is 3.19. The van der Waals surface area contributed by atoms with Gasteiger partial charge in [0.05, 0.1) is 0 Å². The summed E-state index contributed by atoms with van der Waals surface area (Å²) >= 11 is 0. The van der Waals surface area contributed by atoms with Crippen LogP contribution < -0.4 is 5.32 Å². The molecule has 0 radical (unpaired) electrons. The van der Waals surface area contributed by atoms with Gasteiger partial charge in [-0.25, -0.2) is 9.97 Å². The van der Waals surface area contributed by atoms with E-state index >= 15 is 0 Å². The SMILES string of the molecule is Cc1ccc(-c2ncc(CNC3CC3)cn2)cc1. The number of nitrogens with one attached hydrogen (secondary N) is 1. The van der Waals surface area contributed by atoms with E-state index in [0.29, 0.717) is 0 Å². The van der Waals surface area contributed by atoms with Crippen LogP contribution in [0.1, 0.15) is 24.0 Å².